The lowest BCUT2D eigenvalue weighted by Crippen LogP contribution is -2.13. The summed E-state index contributed by atoms with van der Waals surface area (Å²) in [5, 5.41) is 0. The molecule has 0 aliphatic carbocycles. The van der Waals surface area contributed by atoms with Crippen LogP contribution < -0.4 is 4.90 Å². The molecule has 1 nitrogen and oxygen atoms in total. The van der Waals surface area contributed by atoms with Crippen LogP contribution in [-0.4, -0.2) is 0 Å². The highest BCUT2D eigenvalue weighted by atomic mass is 15.1. The molecule has 0 saturated heterocycles. The van der Waals surface area contributed by atoms with Crippen molar-refractivity contribution < 1.29 is 0 Å². The number of para-hydroxylation sites is 2. The van der Waals surface area contributed by atoms with Gasteiger partial charge in [-0.15, -0.1) is 0 Å². The molecule has 0 saturated carbocycles. The van der Waals surface area contributed by atoms with Crippen molar-refractivity contribution >= 4 is 11.4 Å². The van der Waals surface area contributed by atoms with E-state index in [4.69, 9.17) is 0 Å². The van der Waals surface area contributed by atoms with Gasteiger partial charge in [0, 0.05) is 17.1 Å². The Hall–Kier alpha value is -2.80. The van der Waals surface area contributed by atoms with Gasteiger partial charge in [-0.05, 0) is 45.0 Å². The third-order valence-corrected chi connectivity index (χ3v) is 3.74. The van der Waals surface area contributed by atoms with Crippen LogP contribution in [0, 0.1) is 6.92 Å². The second kappa shape index (κ2) is 9.36. The first-order chi connectivity index (χ1) is 11.7. The van der Waals surface area contributed by atoms with Crippen molar-refractivity contribution in [1.29, 1.82) is 0 Å². The summed E-state index contributed by atoms with van der Waals surface area (Å²) in [6.07, 6.45) is 2.12. The molecule has 24 heavy (non-hydrogen) atoms. The predicted molar refractivity (Wildman–Crippen MR) is 106 cm³/mol. The fourth-order valence-electron chi connectivity index (χ4n) is 2.37. The number of allylic oxidation sites excluding steroid dienone is 2. The maximum absolute atomic E-state index is 2.25. The molecule has 1 heteroatoms. The molecule has 0 aliphatic rings. The summed E-state index contributed by atoms with van der Waals surface area (Å²) in [4.78, 5) is 2.25. The van der Waals surface area contributed by atoms with Gasteiger partial charge in [0.15, 0.2) is 0 Å². The first kappa shape index (κ1) is 17.6. The minimum Gasteiger partial charge on any atom is -0.315 e. The summed E-state index contributed by atoms with van der Waals surface area (Å²) in [5.74, 6) is 0. The van der Waals surface area contributed by atoms with Crippen LogP contribution in [0.15, 0.2) is 103 Å². The van der Waals surface area contributed by atoms with Crippen molar-refractivity contribution in [3.63, 3.8) is 0 Å². The standard InChI is InChI=1S/C16H17N.C7H8/c1-3-14(2)17(15-10-6-4-7-11-15)16-12-8-5-9-13-16;1-7-5-3-2-4-6-7/h3-13H,1-2H3;2-6H,1H3/b14-3+;. The van der Waals surface area contributed by atoms with Gasteiger partial charge in [0.1, 0.15) is 0 Å². The highest BCUT2D eigenvalue weighted by molar-refractivity contribution is 5.67. The average molecular weight is 315 g/mol. The fraction of sp³-hybridized carbons (Fsp3) is 0.130. The Bertz CT molecular complexity index is 691. The smallest absolute Gasteiger partial charge is 0.0458 e. The summed E-state index contributed by atoms with van der Waals surface area (Å²) >= 11 is 0. The van der Waals surface area contributed by atoms with Gasteiger partial charge < -0.3 is 4.90 Å². The largest absolute Gasteiger partial charge is 0.315 e. The van der Waals surface area contributed by atoms with Gasteiger partial charge in [-0.25, -0.2) is 0 Å². The molecule has 0 aliphatic heterocycles. The van der Waals surface area contributed by atoms with Gasteiger partial charge >= 0.3 is 0 Å². The van der Waals surface area contributed by atoms with Crippen LogP contribution in [0.5, 0.6) is 0 Å². The van der Waals surface area contributed by atoms with E-state index in [2.05, 4.69) is 92.4 Å². The molecule has 3 rings (SSSR count). The van der Waals surface area contributed by atoms with E-state index in [0.29, 0.717) is 0 Å². The second-order valence-electron chi connectivity index (χ2n) is 5.59. The van der Waals surface area contributed by atoms with Gasteiger partial charge in [-0.1, -0.05) is 78.4 Å². The number of aryl methyl sites for hydroxylation is 1. The van der Waals surface area contributed by atoms with Crippen molar-refractivity contribution in [3.8, 4) is 0 Å². The predicted octanol–water partition coefficient (Wildman–Crippen LogP) is 6.74. The van der Waals surface area contributed by atoms with Crippen LogP contribution in [0.25, 0.3) is 0 Å². The van der Waals surface area contributed by atoms with Crippen molar-refractivity contribution in [2.24, 2.45) is 0 Å². The molecule has 0 amide bonds. The first-order valence-electron chi connectivity index (χ1n) is 8.27. The van der Waals surface area contributed by atoms with Crippen LogP contribution >= 0.6 is 0 Å². The van der Waals surface area contributed by atoms with E-state index < -0.39 is 0 Å². The van der Waals surface area contributed by atoms with Gasteiger partial charge in [-0.3, -0.25) is 0 Å². The van der Waals surface area contributed by atoms with Gasteiger partial charge in [-0.2, -0.15) is 0 Å². The molecule has 0 spiro atoms. The van der Waals surface area contributed by atoms with Crippen LogP contribution in [0.2, 0.25) is 0 Å². The van der Waals surface area contributed by atoms with Crippen molar-refractivity contribution in [2.45, 2.75) is 20.8 Å². The highest BCUT2D eigenvalue weighted by Gasteiger charge is 2.09. The normalized spacial score (nSPS) is 10.5. The van der Waals surface area contributed by atoms with E-state index >= 15 is 0 Å². The summed E-state index contributed by atoms with van der Waals surface area (Å²) in [7, 11) is 0. The Balaban J connectivity index is 0.000000249. The van der Waals surface area contributed by atoms with E-state index in [9.17, 15) is 0 Å². The van der Waals surface area contributed by atoms with Gasteiger partial charge in [0.05, 0.1) is 0 Å². The Morgan fingerprint density at radius 1 is 0.667 bits per heavy atom. The number of hydrogen-bond acceptors (Lipinski definition) is 1. The van der Waals surface area contributed by atoms with Crippen molar-refractivity contribution in [2.75, 3.05) is 4.90 Å². The number of rotatable bonds is 3. The van der Waals surface area contributed by atoms with E-state index in [1.807, 2.05) is 30.3 Å². The molecule has 0 N–H and O–H groups in total. The third-order valence-electron chi connectivity index (χ3n) is 3.74. The van der Waals surface area contributed by atoms with E-state index in [1.54, 1.807) is 0 Å². The zero-order chi connectivity index (χ0) is 17.2. The number of benzene rings is 3. The summed E-state index contributed by atoms with van der Waals surface area (Å²) in [6, 6.07) is 31.1. The van der Waals surface area contributed by atoms with Gasteiger partial charge in [0.2, 0.25) is 0 Å². The lowest BCUT2D eigenvalue weighted by Gasteiger charge is -2.25. The molecular formula is C23H25N. The summed E-state index contributed by atoms with van der Waals surface area (Å²) in [5.41, 5.74) is 4.92. The SMILES string of the molecule is C/C=C(\C)N(c1ccccc1)c1ccccc1.Cc1ccccc1. The molecule has 0 radical (unpaired) electrons. The second-order valence-corrected chi connectivity index (χ2v) is 5.59. The monoisotopic (exact) mass is 315 g/mol. The van der Waals surface area contributed by atoms with Crippen LogP contribution in [0.4, 0.5) is 11.4 Å². The molecule has 3 aromatic carbocycles. The Kier molecular flexibility index (Phi) is 6.85. The van der Waals surface area contributed by atoms with Crippen LogP contribution in [0.1, 0.15) is 19.4 Å². The Morgan fingerprint density at radius 3 is 1.33 bits per heavy atom. The topological polar surface area (TPSA) is 3.24 Å². The lowest BCUT2D eigenvalue weighted by molar-refractivity contribution is 1.15. The molecule has 0 fully saturated rings. The fourth-order valence-corrected chi connectivity index (χ4v) is 2.37. The number of nitrogens with zero attached hydrogens (tertiary/aromatic N) is 1. The molecule has 0 unspecified atom stereocenters. The zero-order valence-electron chi connectivity index (χ0n) is 14.7. The molecule has 0 aromatic heterocycles. The van der Waals surface area contributed by atoms with Crippen LogP contribution in [0.3, 0.4) is 0 Å². The third kappa shape index (κ3) is 5.13. The minimum atomic E-state index is 1.19. The van der Waals surface area contributed by atoms with Crippen molar-refractivity contribution in [3.05, 3.63) is 108 Å². The molecule has 0 bridgehead atoms. The van der Waals surface area contributed by atoms with E-state index in [1.165, 1.54) is 22.6 Å². The van der Waals surface area contributed by atoms with E-state index in [-0.39, 0.29) is 0 Å². The molecule has 3 aromatic rings. The Morgan fingerprint density at radius 2 is 1.04 bits per heavy atom. The molecule has 122 valence electrons. The summed E-state index contributed by atoms with van der Waals surface area (Å²) in [6.45, 7) is 6.27. The molecule has 0 atom stereocenters. The minimum absolute atomic E-state index is 1.19. The first-order valence-corrected chi connectivity index (χ1v) is 8.27. The number of hydrogen-bond donors (Lipinski definition) is 0. The quantitative estimate of drug-likeness (QED) is 0.517. The summed E-state index contributed by atoms with van der Waals surface area (Å²) < 4.78 is 0. The lowest BCUT2D eigenvalue weighted by atomic mass is 10.2. The maximum atomic E-state index is 2.25. The van der Waals surface area contributed by atoms with Crippen LogP contribution in [-0.2, 0) is 0 Å². The van der Waals surface area contributed by atoms with Gasteiger partial charge in [0.25, 0.3) is 0 Å². The maximum Gasteiger partial charge on any atom is 0.0458 e. The zero-order valence-corrected chi connectivity index (χ0v) is 14.7. The van der Waals surface area contributed by atoms with Crippen molar-refractivity contribution in [1.82, 2.24) is 0 Å². The van der Waals surface area contributed by atoms with E-state index in [0.717, 1.165) is 0 Å². The molecular weight excluding hydrogens is 290 g/mol. The Labute approximate surface area is 145 Å². The average Bonchev–Trinajstić information content (AvgIpc) is 2.65. The number of anilines is 2. The molecule has 0 heterocycles. The highest BCUT2D eigenvalue weighted by Crippen LogP contribution is 2.28.